The van der Waals surface area contributed by atoms with Crippen LogP contribution < -0.4 is 10.2 Å². The lowest BCUT2D eigenvalue weighted by atomic mass is 10.1. The molecule has 1 atom stereocenters. The molecule has 1 amide bonds. The Labute approximate surface area is 180 Å². The standard InChI is InChI=1S/C21H24ClN7O/c1-16(18-9-5-6-10-19(18)22)23-20(30)15-27-11-13-28(14-12-27)21-24-25-26-29(21)17-7-3-2-4-8-17/h2-10,16H,11-15H2,1H3,(H,23,30)/t16-/m0/s1. The van der Waals surface area contributed by atoms with E-state index in [4.69, 9.17) is 11.6 Å². The number of nitrogens with zero attached hydrogens (tertiary/aromatic N) is 6. The molecule has 1 aliphatic heterocycles. The van der Waals surface area contributed by atoms with E-state index in [1.54, 1.807) is 4.68 Å². The van der Waals surface area contributed by atoms with Crippen LogP contribution >= 0.6 is 11.6 Å². The number of carbonyl (C=O) groups excluding carboxylic acids is 1. The highest BCUT2D eigenvalue weighted by Crippen LogP contribution is 2.22. The van der Waals surface area contributed by atoms with Crippen LogP contribution in [0.15, 0.2) is 54.6 Å². The minimum absolute atomic E-state index is 0.00927. The van der Waals surface area contributed by atoms with Crippen molar-refractivity contribution in [3.63, 3.8) is 0 Å². The summed E-state index contributed by atoms with van der Waals surface area (Å²) in [7, 11) is 0. The van der Waals surface area contributed by atoms with Crippen LogP contribution in [0.1, 0.15) is 18.5 Å². The first-order valence-corrected chi connectivity index (χ1v) is 10.3. The van der Waals surface area contributed by atoms with Crippen molar-refractivity contribution in [3.8, 4) is 5.69 Å². The van der Waals surface area contributed by atoms with E-state index in [-0.39, 0.29) is 11.9 Å². The first-order valence-electron chi connectivity index (χ1n) is 9.96. The van der Waals surface area contributed by atoms with Crippen molar-refractivity contribution in [2.24, 2.45) is 0 Å². The number of hydrogen-bond acceptors (Lipinski definition) is 6. The molecule has 0 saturated carbocycles. The van der Waals surface area contributed by atoms with E-state index in [2.05, 4.69) is 30.6 Å². The summed E-state index contributed by atoms with van der Waals surface area (Å²) in [6, 6.07) is 17.3. The van der Waals surface area contributed by atoms with Gasteiger partial charge in [-0.05, 0) is 41.1 Å². The van der Waals surface area contributed by atoms with Crippen molar-refractivity contribution in [3.05, 3.63) is 65.2 Å². The SMILES string of the molecule is C[C@H](NC(=O)CN1CCN(c2nnnn2-c2ccccc2)CC1)c1ccccc1Cl. The number of hydrogen-bond donors (Lipinski definition) is 1. The second kappa shape index (κ2) is 9.23. The van der Waals surface area contributed by atoms with E-state index >= 15 is 0 Å². The number of benzene rings is 2. The van der Waals surface area contributed by atoms with E-state index in [1.807, 2.05) is 61.5 Å². The summed E-state index contributed by atoms with van der Waals surface area (Å²) in [5.74, 6) is 0.711. The van der Waals surface area contributed by atoms with Crippen LogP contribution in [-0.4, -0.2) is 63.7 Å². The largest absolute Gasteiger partial charge is 0.348 e. The zero-order valence-corrected chi connectivity index (χ0v) is 17.5. The van der Waals surface area contributed by atoms with Crippen molar-refractivity contribution < 1.29 is 4.79 Å². The number of rotatable bonds is 6. The summed E-state index contributed by atoms with van der Waals surface area (Å²) < 4.78 is 1.74. The summed E-state index contributed by atoms with van der Waals surface area (Å²) in [4.78, 5) is 16.8. The van der Waals surface area contributed by atoms with Gasteiger partial charge in [0, 0.05) is 31.2 Å². The Hall–Kier alpha value is -2.97. The Bertz CT molecular complexity index is 986. The van der Waals surface area contributed by atoms with Crippen LogP contribution in [-0.2, 0) is 4.79 Å². The monoisotopic (exact) mass is 425 g/mol. The van der Waals surface area contributed by atoms with E-state index in [9.17, 15) is 4.79 Å². The molecule has 2 aromatic carbocycles. The molecular formula is C21H24ClN7O. The number of carbonyl (C=O) groups is 1. The van der Waals surface area contributed by atoms with Gasteiger partial charge in [0.15, 0.2) is 0 Å². The fourth-order valence-electron chi connectivity index (χ4n) is 3.62. The maximum atomic E-state index is 12.5. The molecule has 8 nitrogen and oxygen atoms in total. The van der Waals surface area contributed by atoms with Gasteiger partial charge in [0.1, 0.15) is 0 Å². The van der Waals surface area contributed by atoms with Gasteiger partial charge in [-0.2, -0.15) is 4.68 Å². The van der Waals surface area contributed by atoms with Gasteiger partial charge in [0.25, 0.3) is 0 Å². The molecular weight excluding hydrogens is 402 g/mol. The van der Waals surface area contributed by atoms with E-state index in [0.29, 0.717) is 11.6 Å². The highest BCUT2D eigenvalue weighted by atomic mass is 35.5. The van der Waals surface area contributed by atoms with Crippen molar-refractivity contribution >= 4 is 23.5 Å². The third-order valence-corrected chi connectivity index (χ3v) is 5.57. The molecule has 1 fully saturated rings. The second-order valence-corrected chi connectivity index (χ2v) is 7.71. The number of piperazine rings is 1. The van der Waals surface area contributed by atoms with Crippen LogP contribution in [0.25, 0.3) is 5.69 Å². The highest BCUT2D eigenvalue weighted by Gasteiger charge is 2.24. The quantitative estimate of drug-likeness (QED) is 0.653. The lowest BCUT2D eigenvalue weighted by molar-refractivity contribution is -0.123. The molecule has 0 spiro atoms. The number of amides is 1. The molecule has 3 aromatic rings. The number of nitrogens with one attached hydrogen (secondary N) is 1. The zero-order chi connectivity index (χ0) is 20.9. The van der Waals surface area contributed by atoms with Crippen molar-refractivity contribution in [2.75, 3.05) is 37.6 Å². The average molecular weight is 426 g/mol. The van der Waals surface area contributed by atoms with E-state index in [1.165, 1.54) is 0 Å². The Morgan fingerprint density at radius 1 is 1.07 bits per heavy atom. The Kier molecular flexibility index (Phi) is 6.25. The van der Waals surface area contributed by atoms with Crippen LogP contribution in [0, 0.1) is 0 Å². The Balaban J connectivity index is 1.31. The zero-order valence-electron chi connectivity index (χ0n) is 16.8. The summed E-state index contributed by atoms with van der Waals surface area (Å²) in [5.41, 5.74) is 1.85. The molecule has 156 valence electrons. The molecule has 1 aromatic heterocycles. The second-order valence-electron chi connectivity index (χ2n) is 7.30. The number of tetrazole rings is 1. The lowest BCUT2D eigenvalue weighted by Crippen LogP contribution is -2.50. The Morgan fingerprint density at radius 3 is 2.50 bits per heavy atom. The number of para-hydroxylation sites is 1. The van der Waals surface area contributed by atoms with Gasteiger partial charge in [-0.3, -0.25) is 9.69 Å². The minimum atomic E-state index is -0.136. The maximum absolute atomic E-state index is 12.5. The fraction of sp³-hybridized carbons (Fsp3) is 0.333. The van der Waals surface area contributed by atoms with Crippen LogP contribution in [0.3, 0.4) is 0 Å². The lowest BCUT2D eigenvalue weighted by Gasteiger charge is -2.34. The third kappa shape index (κ3) is 4.60. The molecule has 1 saturated heterocycles. The number of aromatic nitrogens is 4. The molecule has 0 unspecified atom stereocenters. The van der Waals surface area contributed by atoms with Gasteiger partial charge < -0.3 is 10.2 Å². The van der Waals surface area contributed by atoms with Gasteiger partial charge in [-0.25, -0.2) is 0 Å². The van der Waals surface area contributed by atoms with Crippen LogP contribution in [0.2, 0.25) is 5.02 Å². The van der Waals surface area contributed by atoms with Gasteiger partial charge in [-0.15, -0.1) is 0 Å². The highest BCUT2D eigenvalue weighted by molar-refractivity contribution is 6.31. The molecule has 9 heteroatoms. The molecule has 0 bridgehead atoms. The normalized spacial score (nSPS) is 15.7. The van der Waals surface area contributed by atoms with Crippen molar-refractivity contribution in [1.29, 1.82) is 0 Å². The molecule has 1 aliphatic rings. The first-order chi connectivity index (χ1) is 14.6. The molecule has 1 N–H and O–H groups in total. The van der Waals surface area contributed by atoms with Gasteiger partial charge >= 0.3 is 0 Å². The molecule has 0 aliphatic carbocycles. The Morgan fingerprint density at radius 2 is 1.77 bits per heavy atom. The molecule has 2 heterocycles. The predicted octanol–water partition coefficient (Wildman–Crippen LogP) is 2.32. The third-order valence-electron chi connectivity index (χ3n) is 5.23. The first kappa shape index (κ1) is 20.3. The number of anilines is 1. The van der Waals surface area contributed by atoms with Crippen LogP contribution in [0.5, 0.6) is 0 Å². The minimum Gasteiger partial charge on any atom is -0.348 e. The smallest absolute Gasteiger partial charge is 0.250 e. The summed E-state index contributed by atoms with van der Waals surface area (Å²) in [6.07, 6.45) is 0. The van der Waals surface area contributed by atoms with E-state index in [0.717, 1.165) is 43.4 Å². The maximum Gasteiger partial charge on any atom is 0.250 e. The fourth-order valence-corrected chi connectivity index (χ4v) is 3.92. The average Bonchev–Trinajstić information content (AvgIpc) is 3.25. The van der Waals surface area contributed by atoms with Gasteiger partial charge in [0.2, 0.25) is 11.9 Å². The molecule has 0 radical (unpaired) electrons. The summed E-state index contributed by atoms with van der Waals surface area (Å²) in [5, 5.41) is 15.9. The van der Waals surface area contributed by atoms with E-state index < -0.39 is 0 Å². The van der Waals surface area contributed by atoms with Crippen molar-refractivity contribution in [2.45, 2.75) is 13.0 Å². The van der Waals surface area contributed by atoms with Crippen molar-refractivity contribution in [1.82, 2.24) is 30.4 Å². The number of halogens is 1. The topological polar surface area (TPSA) is 79.2 Å². The van der Waals surface area contributed by atoms with Gasteiger partial charge in [-0.1, -0.05) is 53.1 Å². The van der Waals surface area contributed by atoms with Gasteiger partial charge in [0.05, 0.1) is 18.3 Å². The molecule has 30 heavy (non-hydrogen) atoms. The summed E-state index contributed by atoms with van der Waals surface area (Å²) >= 11 is 6.23. The summed E-state index contributed by atoms with van der Waals surface area (Å²) in [6.45, 7) is 5.32. The molecule has 4 rings (SSSR count). The van der Waals surface area contributed by atoms with Crippen LogP contribution in [0.4, 0.5) is 5.95 Å². The predicted molar refractivity (Wildman–Crippen MR) is 116 cm³/mol.